The number of imidazole rings is 1. The summed E-state index contributed by atoms with van der Waals surface area (Å²) in [6, 6.07) is -5.19. The number of aliphatic carboxylic acids is 1. The van der Waals surface area contributed by atoms with E-state index in [-0.39, 0.29) is 6.42 Å². The number of aliphatic hydroxyl groups is 1. The van der Waals surface area contributed by atoms with Crippen LogP contribution in [0.3, 0.4) is 0 Å². The van der Waals surface area contributed by atoms with Gasteiger partial charge in [-0.1, -0.05) is 20.3 Å². The first-order chi connectivity index (χ1) is 15.5. The minimum atomic E-state index is -1.57. The molecule has 0 aliphatic heterocycles. The van der Waals surface area contributed by atoms with Gasteiger partial charge in [-0.2, -0.15) is 0 Å². The van der Waals surface area contributed by atoms with E-state index in [4.69, 9.17) is 16.6 Å². The predicted octanol–water partition coefficient (Wildman–Crippen LogP) is -3.27. The molecule has 1 aromatic rings. The largest absolute Gasteiger partial charge is 0.480 e. The van der Waals surface area contributed by atoms with Crippen molar-refractivity contribution in [3.05, 3.63) is 18.2 Å². The number of rotatable bonds is 14. The van der Waals surface area contributed by atoms with Crippen molar-refractivity contribution >= 4 is 29.6 Å². The highest BCUT2D eigenvalue weighted by Gasteiger charge is 2.33. The Morgan fingerprint density at radius 1 is 1.09 bits per heavy atom. The Morgan fingerprint density at radius 3 is 2.21 bits per heavy atom. The van der Waals surface area contributed by atoms with Crippen LogP contribution in [0.2, 0.25) is 0 Å². The van der Waals surface area contributed by atoms with Crippen molar-refractivity contribution < 1.29 is 34.2 Å². The van der Waals surface area contributed by atoms with E-state index in [1.807, 2.05) is 0 Å². The Hall–Kier alpha value is -3.52. The smallest absolute Gasteiger partial charge is 0.326 e. The molecule has 0 aliphatic rings. The molecule has 0 saturated heterocycles. The number of hydrogen-bond donors (Lipinski definition) is 8. The number of aliphatic hydroxyl groups excluding tert-OH is 1. The van der Waals surface area contributed by atoms with Crippen molar-refractivity contribution in [1.82, 2.24) is 25.9 Å². The predicted molar refractivity (Wildman–Crippen MR) is 114 cm³/mol. The standard InChI is InChI=1S/C19H31N7O7/c1-3-9(2)15(18(31)25-13(19(32)33)5-14(21)28)26-17(30)12(4-10-6-22-8-23-10)24-16(29)11(20)7-27/h6,8-9,11-13,15,27H,3-5,7,20H2,1-2H3,(H2,21,28)(H,22,23)(H,24,29)(H,25,31)(H,26,30)(H,32,33). The molecule has 33 heavy (non-hydrogen) atoms. The number of H-pyrrole nitrogens is 1. The molecule has 0 aromatic carbocycles. The van der Waals surface area contributed by atoms with E-state index in [0.717, 1.165) is 0 Å². The third-order valence-corrected chi connectivity index (χ3v) is 4.96. The molecule has 4 amide bonds. The zero-order chi connectivity index (χ0) is 25.1. The fourth-order valence-electron chi connectivity index (χ4n) is 2.81. The number of nitrogens with zero attached hydrogens (tertiary/aromatic N) is 1. The molecule has 184 valence electrons. The maximum Gasteiger partial charge on any atom is 0.326 e. The number of amides is 4. The van der Waals surface area contributed by atoms with Gasteiger partial charge in [0.05, 0.1) is 19.4 Å². The number of aromatic amines is 1. The third-order valence-electron chi connectivity index (χ3n) is 4.96. The Morgan fingerprint density at radius 2 is 1.73 bits per heavy atom. The van der Waals surface area contributed by atoms with E-state index >= 15 is 0 Å². The lowest BCUT2D eigenvalue weighted by atomic mass is 9.97. The zero-order valence-electron chi connectivity index (χ0n) is 18.4. The van der Waals surface area contributed by atoms with Gasteiger partial charge in [0.1, 0.15) is 24.2 Å². The SMILES string of the molecule is CCC(C)C(NC(=O)C(Cc1cnc[nH]1)NC(=O)C(N)CO)C(=O)NC(CC(N)=O)C(=O)O. The molecule has 5 atom stereocenters. The summed E-state index contributed by atoms with van der Waals surface area (Å²) in [6.07, 6.45) is 2.62. The van der Waals surface area contributed by atoms with Crippen LogP contribution in [0.1, 0.15) is 32.4 Å². The number of carbonyl (C=O) groups excluding carboxylic acids is 4. The van der Waals surface area contributed by atoms with Crippen LogP contribution < -0.4 is 27.4 Å². The van der Waals surface area contributed by atoms with Crippen LogP contribution in [0.5, 0.6) is 0 Å². The minimum Gasteiger partial charge on any atom is -0.480 e. The molecular formula is C19H31N7O7. The van der Waals surface area contributed by atoms with Gasteiger partial charge in [-0.3, -0.25) is 19.2 Å². The maximum atomic E-state index is 13.0. The molecule has 1 heterocycles. The number of primary amides is 1. The fourth-order valence-corrected chi connectivity index (χ4v) is 2.81. The summed E-state index contributed by atoms with van der Waals surface area (Å²) in [4.78, 5) is 67.1. The number of carbonyl (C=O) groups is 5. The fraction of sp³-hybridized carbons (Fsp3) is 0.579. The van der Waals surface area contributed by atoms with Gasteiger partial charge in [0.15, 0.2) is 0 Å². The van der Waals surface area contributed by atoms with Crippen molar-refractivity contribution in [2.24, 2.45) is 17.4 Å². The van der Waals surface area contributed by atoms with Gasteiger partial charge in [0, 0.05) is 18.3 Å². The molecule has 0 saturated carbocycles. The Kier molecular flexibility index (Phi) is 10.9. The molecule has 14 nitrogen and oxygen atoms in total. The molecule has 14 heteroatoms. The molecule has 0 radical (unpaired) electrons. The number of nitrogens with two attached hydrogens (primary N) is 2. The third kappa shape index (κ3) is 8.86. The second-order valence-electron chi connectivity index (χ2n) is 7.57. The van der Waals surface area contributed by atoms with Crippen molar-refractivity contribution in [3.8, 4) is 0 Å². The maximum absolute atomic E-state index is 13.0. The lowest BCUT2D eigenvalue weighted by molar-refractivity contribution is -0.144. The molecule has 1 rings (SSSR count). The van der Waals surface area contributed by atoms with Gasteiger partial charge >= 0.3 is 5.97 Å². The normalized spacial score (nSPS) is 15.4. The first-order valence-corrected chi connectivity index (χ1v) is 10.3. The zero-order valence-corrected chi connectivity index (χ0v) is 18.4. The average molecular weight is 469 g/mol. The van der Waals surface area contributed by atoms with Crippen molar-refractivity contribution in [1.29, 1.82) is 0 Å². The molecule has 0 spiro atoms. The number of hydrogen-bond acceptors (Lipinski definition) is 8. The highest BCUT2D eigenvalue weighted by atomic mass is 16.4. The molecular weight excluding hydrogens is 438 g/mol. The second kappa shape index (κ2) is 13.1. The van der Waals surface area contributed by atoms with Crippen LogP contribution in [-0.4, -0.2) is 80.6 Å². The summed E-state index contributed by atoms with van der Waals surface area (Å²) in [5.41, 5.74) is 11.1. The van der Waals surface area contributed by atoms with E-state index in [0.29, 0.717) is 12.1 Å². The number of nitrogens with one attached hydrogen (secondary N) is 4. The average Bonchev–Trinajstić information content (AvgIpc) is 3.27. The Labute approximate surface area is 189 Å². The van der Waals surface area contributed by atoms with Crippen LogP contribution in [-0.2, 0) is 30.4 Å². The minimum absolute atomic E-state index is 0.0238. The van der Waals surface area contributed by atoms with E-state index < -0.39 is 72.7 Å². The van der Waals surface area contributed by atoms with E-state index in [1.165, 1.54) is 12.5 Å². The van der Waals surface area contributed by atoms with Gasteiger partial charge in [-0.15, -0.1) is 0 Å². The van der Waals surface area contributed by atoms with Gasteiger partial charge in [-0.05, 0) is 5.92 Å². The summed E-state index contributed by atoms with van der Waals surface area (Å²) in [5.74, 6) is -5.17. The molecule has 1 aromatic heterocycles. The van der Waals surface area contributed by atoms with Crippen LogP contribution in [0, 0.1) is 5.92 Å². The second-order valence-corrected chi connectivity index (χ2v) is 7.57. The number of aromatic nitrogens is 2. The Bertz CT molecular complexity index is 830. The first kappa shape index (κ1) is 27.5. The topological polar surface area (TPSA) is 243 Å². The highest BCUT2D eigenvalue weighted by Crippen LogP contribution is 2.10. The lowest BCUT2D eigenvalue weighted by Crippen LogP contribution is -2.59. The summed E-state index contributed by atoms with van der Waals surface area (Å²) in [5, 5.41) is 25.5. The van der Waals surface area contributed by atoms with Crippen LogP contribution in [0.25, 0.3) is 0 Å². The van der Waals surface area contributed by atoms with Crippen molar-refractivity contribution in [2.75, 3.05) is 6.61 Å². The van der Waals surface area contributed by atoms with E-state index in [2.05, 4.69) is 25.9 Å². The summed E-state index contributed by atoms with van der Waals surface area (Å²) in [6.45, 7) is 2.79. The van der Waals surface area contributed by atoms with Crippen LogP contribution in [0.4, 0.5) is 0 Å². The number of carboxylic acids is 1. The Balaban J connectivity index is 3.06. The van der Waals surface area contributed by atoms with Crippen molar-refractivity contribution in [2.45, 2.75) is 57.3 Å². The van der Waals surface area contributed by atoms with Gasteiger partial charge < -0.3 is 42.6 Å². The molecule has 10 N–H and O–H groups in total. The van der Waals surface area contributed by atoms with Crippen LogP contribution >= 0.6 is 0 Å². The molecule has 0 bridgehead atoms. The molecule has 0 aliphatic carbocycles. The summed E-state index contributed by atoms with van der Waals surface area (Å²) < 4.78 is 0. The van der Waals surface area contributed by atoms with Gasteiger partial charge in [-0.25, -0.2) is 9.78 Å². The quantitative estimate of drug-likeness (QED) is 0.136. The molecule has 5 unspecified atom stereocenters. The summed E-state index contributed by atoms with van der Waals surface area (Å²) >= 11 is 0. The summed E-state index contributed by atoms with van der Waals surface area (Å²) in [7, 11) is 0. The van der Waals surface area contributed by atoms with Gasteiger partial charge in [0.2, 0.25) is 23.6 Å². The van der Waals surface area contributed by atoms with Crippen LogP contribution in [0.15, 0.2) is 12.5 Å². The first-order valence-electron chi connectivity index (χ1n) is 10.3. The van der Waals surface area contributed by atoms with Gasteiger partial charge in [0.25, 0.3) is 0 Å². The van der Waals surface area contributed by atoms with E-state index in [1.54, 1.807) is 13.8 Å². The monoisotopic (exact) mass is 469 g/mol. The molecule has 0 fully saturated rings. The number of carboxylic acid groups (broad SMARTS) is 1. The highest BCUT2D eigenvalue weighted by molar-refractivity contribution is 5.95. The lowest BCUT2D eigenvalue weighted by Gasteiger charge is -2.27. The van der Waals surface area contributed by atoms with E-state index in [9.17, 15) is 29.1 Å². The van der Waals surface area contributed by atoms with Crippen molar-refractivity contribution in [3.63, 3.8) is 0 Å².